The van der Waals surface area contributed by atoms with Gasteiger partial charge in [0.25, 0.3) is 0 Å². The number of amides is 1. The SMILES string of the molecule is CC(C)(C)OC(=O)N1C[CH]C2(CCC(CCO)CC2)CC1. The van der Waals surface area contributed by atoms with Gasteiger partial charge in [0.1, 0.15) is 5.60 Å². The first-order valence-corrected chi connectivity index (χ1v) is 8.27. The molecular formula is C17H30NO3. The second kappa shape index (κ2) is 6.55. The van der Waals surface area contributed by atoms with E-state index in [0.717, 1.165) is 19.4 Å². The number of carbonyl (C=O) groups excluding carboxylic acids is 1. The van der Waals surface area contributed by atoms with Crippen molar-refractivity contribution < 1.29 is 14.6 Å². The Morgan fingerprint density at radius 3 is 2.48 bits per heavy atom. The standard InChI is InChI=1S/C17H30NO3/c1-16(2,3)21-15(20)18-11-9-17(10-12-18)7-4-14(5-8-17)6-13-19/h9,14,19H,4-8,10-13H2,1-3H3. The minimum absolute atomic E-state index is 0.192. The van der Waals surface area contributed by atoms with Gasteiger partial charge in [-0.15, -0.1) is 0 Å². The quantitative estimate of drug-likeness (QED) is 0.849. The molecule has 2 rings (SSSR count). The molecule has 0 bridgehead atoms. The fraction of sp³-hybridized carbons (Fsp3) is 0.882. The Bertz CT molecular complexity index is 344. The molecule has 1 heterocycles. The average molecular weight is 296 g/mol. The highest BCUT2D eigenvalue weighted by molar-refractivity contribution is 5.68. The van der Waals surface area contributed by atoms with Crippen LogP contribution in [0.25, 0.3) is 0 Å². The second-order valence-electron chi connectivity index (χ2n) is 7.70. The number of aliphatic hydroxyl groups is 1. The largest absolute Gasteiger partial charge is 0.444 e. The molecule has 1 spiro atoms. The number of aliphatic hydroxyl groups excluding tert-OH is 1. The monoisotopic (exact) mass is 296 g/mol. The number of likely N-dealkylation sites (tertiary alicyclic amines) is 1. The number of hydrogen-bond donors (Lipinski definition) is 1. The van der Waals surface area contributed by atoms with E-state index < -0.39 is 5.60 Å². The third-order valence-corrected chi connectivity index (χ3v) is 4.91. The number of piperidine rings is 1. The van der Waals surface area contributed by atoms with Crippen molar-refractivity contribution in [3.63, 3.8) is 0 Å². The van der Waals surface area contributed by atoms with Crippen molar-refractivity contribution in [3.8, 4) is 0 Å². The Hall–Kier alpha value is -0.770. The summed E-state index contributed by atoms with van der Waals surface area (Å²) in [6, 6.07) is 0. The summed E-state index contributed by atoms with van der Waals surface area (Å²) in [5, 5.41) is 9.04. The molecule has 2 aliphatic rings. The van der Waals surface area contributed by atoms with Gasteiger partial charge in [-0.1, -0.05) is 0 Å². The maximum absolute atomic E-state index is 12.1. The third kappa shape index (κ3) is 4.60. The van der Waals surface area contributed by atoms with E-state index in [0.29, 0.717) is 24.5 Å². The molecule has 1 saturated heterocycles. The van der Waals surface area contributed by atoms with E-state index in [1.807, 2.05) is 25.7 Å². The Morgan fingerprint density at radius 2 is 2.00 bits per heavy atom. The molecule has 21 heavy (non-hydrogen) atoms. The minimum atomic E-state index is -0.422. The fourth-order valence-corrected chi connectivity index (χ4v) is 3.52. The number of rotatable bonds is 2. The van der Waals surface area contributed by atoms with Gasteiger partial charge in [0.05, 0.1) is 0 Å². The highest BCUT2D eigenvalue weighted by atomic mass is 16.6. The van der Waals surface area contributed by atoms with Gasteiger partial charge in [-0.25, -0.2) is 4.79 Å². The summed E-state index contributed by atoms with van der Waals surface area (Å²) in [5.74, 6) is 0.693. The predicted molar refractivity (Wildman–Crippen MR) is 82.8 cm³/mol. The molecule has 121 valence electrons. The summed E-state index contributed by atoms with van der Waals surface area (Å²) in [7, 11) is 0. The smallest absolute Gasteiger partial charge is 0.410 e. The zero-order chi connectivity index (χ0) is 15.5. The first kappa shape index (κ1) is 16.6. The molecule has 1 radical (unpaired) electrons. The molecule has 2 fully saturated rings. The summed E-state index contributed by atoms with van der Waals surface area (Å²) in [5.41, 5.74) is -0.0982. The van der Waals surface area contributed by atoms with Crippen LogP contribution in [-0.2, 0) is 4.74 Å². The van der Waals surface area contributed by atoms with Crippen LogP contribution in [-0.4, -0.2) is 41.4 Å². The van der Waals surface area contributed by atoms with Crippen LogP contribution in [0.4, 0.5) is 4.79 Å². The molecule has 0 aromatic carbocycles. The van der Waals surface area contributed by atoms with E-state index in [9.17, 15) is 4.79 Å². The minimum Gasteiger partial charge on any atom is -0.444 e. The Morgan fingerprint density at radius 1 is 1.33 bits per heavy atom. The van der Waals surface area contributed by atoms with E-state index in [2.05, 4.69) is 6.42 Å². The lowest BCUT2D eigenvalue weighted by Crippen LogP contribution is -2.46. The van der Waals surface area contributed by atoms with Crippen LogP contribution in [0.3, 0.4) is 0 Å². The Labute approximate surface area is 128 Å². The summed E-state index contributed by atoms with van der Waals surface area (Å²) < 4.78 is 5.44. The van der Waals surface area contributed by atoms with Gasteiger partial charge in [-0.2, -0.15) is 0 Å². The molecule has 0 aromatic rings. The van der Waals surface area contributed by atoms with Crippen LogP contribution >= 0.6 is 0 Å². The second-order valence-corrected chi connectivity index (χ2v) is 7.70. The zero-order valence-electron chi connectivity index (χ0n) is 13.7. The molecule has 0 atom stereocenters. The highest BCUT2D eigenvalue weighted by Crippen LogP contribution is 2.46. The van der Waals surface area contributed by atoms with Gasteiger partial charge in [0.15, 0.2) is 0 Å². The van der Waals surface area contributed by atoms with Gasteiger partial charge in [-0.3, -0.25) is 0 Å². The topological polar surface area (TPSA) is 49.8 Å². The maximum Gasteiger partial charge on any atom is 0.410 e. The lowest BCUT2D eigenvalue weighted by Gasteiger charge is -2.45. The van der Waals surface area contributed by atoms with Crippen molar-refractivity contribution in [2.75, 3.05) is 19.7 Å². The molecule has 4 nitrogen and oxygen atoms in total. The van der Waals surface area contributed by atoms with Crippen LogP contribution < -0.4 is 0 Å². The molecule has 1 aliphatic carbocycles. The molecule has 1 saturated carbocycles. The van der Waals surface area contributed by atoms with Crippen LogP contribution in [0.5, 0.6) is 0 Å². The van der Waals surface area contributed by atoms with E-state index in [-0.39, 0.29) is 6.09 Å². The molecule has 1 aliphatic heterocycles. The highest BCUT2D eigenvalue weighted by Gasteiger charge is 2.39. The van der Waals surface area contributed by atoms with Crippen LogP contribution in [0.2, 0.25) is 0 Å². The zero-order valence-corrected chi connectivity index (χ0v) is 13.7. The van der Waals surface area contributed by atoms with Gasteiger partial charge in [-0.05, 0) is 77.0 Å². The summed E-state index contributed by atoms with van der Waals surface area (Å²) in [4.78, 5) is 13.9. The maximum atomic E-state index is 12.1. The van der Waals surface area contributed by atoms with E-state index in [4.69, 9.17) is 9.84 Å². The fourth-order valence-electron chi connectivity index (χ4n) is 3.52. The summed E-state index contributed by atoms with van der Waals surface area (Å²) in [6.45, 7) is 7.54. The number of carbonyl (C=O) groups is 1. The lowest BCUT2D eigenvalue weighted by atomic mass is 9.65. The molecule has 1 amide bonds. The van der Waals surface area contributed by atoms with Crippen LogP contribution in [0, 0.1) is 17.8 Å². The average Bonchev–Trinajstić information content (AvgIpc) is 2.41. The van der Waals surface area contributed by atoms with Crippen LogP contribution in [0.1, 0.15) is 59.3 Å². The summed E-state index contributed by atoms with van der Waals surface area (Å²) >= 11 is 0. The molecule has 4 heteroatoms. The first-order valence-electron chi connectivity index (χ1n) is 8.27. The van der Waals surface area contributed by atoms with Gasteiger partial charge < -0.3 is 14.7 Å². The van der Waals surface area contributed by atoms with Gasteiger partial charge >= 0.3 is 6.09 Å². The van der Waals surface area contributed by atoms with Crippen molar-refractivity contribution in [2.45, 2.75) is 64.9 Å². The Balaban J connectivity index is 1.79. The normalized spacial score (nSPS) is 23.3. The van der Waals surface area contributed by atoms with Crippen molar-refractivity contribution in [1.82, 2.24) is 4.90 Å². The number of ether oxygens (including phenoxy) is 1. The lowest BCUT2D eigenvalue weighted by molar-refractivity contribution is 0.0139. The first-order chi connectivity index (χ1) is 9.84. The van der Waals surface area contributed by atoms with Crippen molar-refractivity contribution >= 4 is 6.09 Å². The van der Waals surface area contributed by atoms with E-state index in [1.54, 1.807) is 0 Å². The van der Waals surface area contributed by atoms with Crippen LogP contribution in [0.15, 0.2) is 0 Å². The van der Waals surface area contributed by atoms with Crippen molar-refractivity contribution in [2.24, 2.45) is 11.3 Å². The predicted octanol–water partition coefficient (Wildman–Crippen LogP) is 3.39. The third-order valence-electron chi connectivity index (χ3n) is 4.91. The molecular weight excluding hydrogens is 266 g/mol. The van der Waals surface area contributed by atoms with Crippen molar-refractivity contribution in [3.05, 3.63) is 6.42 Å². The number of hydrogen-bond acceptors (Lipinski definition) is 3. The van der Waals surface area contributed by atoms with Crippen molar-refractivity contribution in [1.29, 1.82) is 0 Å². The van der Waals surface area contributed by atoms with Gasteiger partial charge in [0.2, 0.25) is 0 Å². The molecule has 0 aromatic heterocycles. The number of nitrogens with zero attached hydrogens (tertiary/aromatic N) is 1. The summed E-state index contributed by atoms with van der Waals surface area (Å²) in [6.07, 6.45) is 8.99. The van der Waals surface area contributed by atoms with E-state index >= 15 is 0 Å². The molecule has 1 N–H and O–H groups in total. The molecule has 0 unspecified atom stereocenters. The van der Waals surface area contributed by atoms with Gasteiger partial charge in [0, 0.05) is 19.7 Å². The Kier molecular flexibility index (Phi) is 5.18. The van der Waals surface area contributed by atoms with E-state index in [1.165, 1.54) is 25.7 Å².